The smallest absolute Gasteiger partial charge is 0.274 e. The van der Waals surface area contributed by atoms with Crippen molar-refractivity contribution in [2.75, 3.05) is 7.11 Å². The summed E-state index contributed by atoms with van der Waals surface area (Å²) in [6.45, 7) is 0. The predicted molar refractivity (Wildman–Crippen MR) is 79.3 cm³/mol. The molecule has 0 saturated heterocycles. The minimum atomic E-state index is -0.455. The van der Waals surface area contributed by atoms with E-state index in [2.05, 4.69) is 4.37 Å². The maximum atomic E-state index is 11.0. The van der Waals surface area contributed by atoms with Gasteiger partial charge in [0.15, 0.2) is 0 Å². The summed E-state index contributed by atoms with van der Waals surface area (Å²) in [7, 11) is 1.50. The van der Waals surface area contributed by atoms with Crippen molar-refractivity contribution < 1.29 is 14.4 Å². The van der Waals surface area contributed by atoms with E-state index in [0.29, 0.717) is 27.5 Å². The monoisotopic (exact) mass is 302 g/mol. The number of fused-ring (bicyclic) bond motifs is 1. The van der Waals surface area contributed by atoms with Crippen LogP contribution in [0.2, 0.25) is 0 Å². The van der Waals surface area contributed by atoms with Gasteiger partial charge < -0.3 is 9.47 Å². The molecule has 0 amide bonds. The lowest BCUT2D eigenvalue weighted by atomic mass is 10.2. The van der Waals surface area contributed by atoms with Crippen molar-refractivity contribution >= 4 is 27.3 Å². The summed E-state index contributed by atoms with van der Waals surface area (Å²) in [6.07, 6.45) is 0. The zero-order valence-electron chi connectivity index (χ0n) is 11.0. The molecule has 0 radical (unpaired) electrons. The summed E-state index contributed by atoms with van der Waals surface area (Å²) in [4.78, 5) is 10.6. The van der Waals surface area contributed by atoms with E-state index in [1.807, 2.05) is 18.2 Å². The third-order valence-corrected chi connectivity index (χ3v) is 3.64. The second-order valence-electron chi connectivity index (χ2n) is 4.18. The second kappa shape index (κ2) is 5.37. The van der Waals surface area contributed by atoms with Gasteiger partial charge in [-0.05, 0) is 23.7 Å². The summed E-state index contributed by atoms with van der Waals surface area (Å²) in [5.74, 6) is 1.35. The molecule has 0 spiro atoms. The number of ether oxygens (including phenoxy) is 2. The summed E-state index contributed by atoms with van der Waals surface area (Å²) in [5, 5.41) is 11.7. The Kier molecular flexibility index (Phi) is 3.41. The second-order valence-corrected chi connectivity index (χ2v) is 4.99. The normalized spacial score (nSPS) is 10.5. The van der Waals surface area contributed by atoms with Gasteiger partial charge in [-0.15, -0.1) is 0 Å². The lowest BCUT2D eigenvalue weighted by molar-refractivity contribution is -0.384. The molecule has 0 bridgehead atoms. The topological polar surface area (TPSA) is 74.5 Å². The molecule has 0 atom stereocenters. The number of aromatic nitrogens is 1. The average molecular weight is 302 g/mol. The molecule has 3 aromatic rings. The number of hydrogen-bond acceptors (Lipinski definition) is 6. The molecule has 106 valence electrons. The van der Waals surface area contributed by atoms with Crippen LogP contribution in [-0.4, -0.2) is 16.4 Å². The average Bonchev–Trinajstić information content (AvgIpc) is 2.91. The number of para-hydroxylation sites is 1. The first-order valence-electron chi connectivity index (χ1n) is 6.04. The number of benzene rings is 2. The highest BCUT2D eigenvalue weighted by molar-refractivity contribution is 7.13. The Labute approximate surface area is 123 Å². The van der Waals surface area contributed by atoms with Crippen LogP contribution in [0.5, 0.6) is 17.4 Å². The molecule has 7 heteroatoms. The van der Waals surface area contributed by atoms with Gasteiger partial charge in [0.05, 0.1) is 28.2 Å². The molecule has 2 aromatic carbocycles. The van der Waals surface area contributed by atoms with Gasteiger partial charge in [0.2, 0.25) is 5.88 Å². The highest BCUT2D eigenvalue weighted by Crippen LogP contribution is 2.41. The quantitative estimate of drug-likeness (QED) is 0.538. The highest BCUT2D eigenvalue weighted by Gasteiger charge is 2.19. The van der Waals surface area contributed by atoms with Crippen molar-refractivity contribution in [3.05, 3.63) is 52.6 Å². The zero-order valence-corrected chi connectivity index (χ0v) is 11.8. The molecule has 1 heterocycles. The molecule has 1 aromatic heterocycles. The van der Waals surface area contributed by atoms with Crippen LogP contribution in [0.15, 0.2) is 42.5 Å². The van der Waals surface area contributed by atoms with Gasteiger partial charge in [-0.25, -0.2) is 0 Å². The number of non-ortho nitro benzene ring substituents is 1. The van der Waals surface area contributed by atoms with E-state index in [4.69, 9.17) is 9.47 Å². The minimum Gasteiger partial charge on any atom is -0.480 e. The number of nitrogens with zero attached hydrogens (tertiary/aromatic N) is 2. The van der Waals surface area contributed by atoms with E-state index in [1.54, 1.807) is 12.1 Å². The molecule has 3 rings (SSSR count). The van der Waals surface area contributed by atoms with Crippen LogP contribution >= 0.6 is 11.5 Å². The van der Waals surface area contributed by atoms with Crippen molar-refractivity contribution in [2.24, 2.45) is 0 Å². The Morgan fingerprint density at radius 1 is 1.24 bits per heavy atom. The summed E-state index contributed by atoms with van der Waals surface area (Å²) >= 11 is 1.14. The van der Waals surface area contributed by atoms with Crippen molar-refractivity contribution in [3.63, 3.8) is 0 Å². The van der Waals surface area contributed by atoms with E-state index in [1.165, 1.54) is 19.2 Å². The number of nitro benzene ring substituents is 1. The van der Waals surface area contributed by atoms with E-state index in [9.17, 15) is 10.1 Å². The minimum absolute atomic E-state index is 0.0419. The first-order chi connectivity index (χ1) is 10.2. The Morgan fingerprint density at radius 3 is 2.67 bits per heavy atom. The van der Waals surface area contributed by atoms with Crippen molar-refractivity contribution in [2.45, 2.75) is 0 Å². The SMILES string of the molecule is COc1nsc2cc([N+](=O)[O-])cc(Oc3ccccc3)c12. The standard InChI is InChI=1S/C14H10N2O4S/c1-19-14-13-11(20-10-5-3-2-4-6-10)7-9(16(17)18)8-12(13)21-15-14/h2-8H,1H3. The fourth-order valence-corrected chi connectivity index (χ4v) is 2.74. The van der Waals surface area contributed by atoms with Gasteiger partial charge in [-0.3, -0.25) is 10.1 Å². The number of methoxy groups -OCH3 is 1. The Bertz CT molecular complexity index is 801. The number of hydrogen-bond donors (Lipinski definition) is 0. The number of rotatable bonds is 4. The third-order valence-electron chi connectivity index (χ3n) is 2.87. The number of nitro groups is 1. The molecular formula is C14H10N2O4S. The van der Waals surface area contributed by atoms with E-state index in [-0.39, 0.29) is 5.69 Å². The Morgan fingerprint density at radius 2 is 2.00 bits per heavy atom. The van der Waals surface area contributed by atoms with Gasteiger partial charge >= 0.3 is 0 Å². The van der Waals surface area contributed by atoms with Gasteiger partial charge in [0.1, 0.15) is 11.5 Å². The van der Waals surface area contributed by atoms with Crippen LogP contribution < -0.4 is 9.47 Å². The lowest BCUT2D eigenvalue weighted by Crippen LogP contribution is -1.91. The first kappa shape index (κ1) is 13.3. The third kappa shape index (κ3) is 2.50. The summed E-state index contributed by atoms with van der Waals surface area (Å²) in [6, 6.07) is 11.9. The largest absolute Gasteiger partial charge is 0.480 e. The molecule has 0 unspecified atom stereocenters. The molecule has 0 aliphatic carbocycles. The van der Waals surface area contributed by atoms with Gasteiger partial charge in [0, 0.05) is 6.07 Å². The van der Waals surface area contributed by atoms with Crippen LogP contribution in [0, 0.1) is 10.1 Å². The van der Waals surface area contributed by atoms with E-state index >= 15 is 0 Å². The molecule has 0 N–H and O–H groups in total. The van der Waals surface area contributed by atoms with Crippen LogP contribution in [0.3, 0.4) is 0 Å². The van der Waals surface area contributed by atoms with E-state index < -0.39 is 4.92 Å². The van der Waals surface area contributed by atoms with Crippen molar-refractivity contribution in [1.29, 1.82) is 0 Å². The predicted octanol–water partition coefficient (Wildman–Crippen LogP) is 4.01. The molecule has 21 heavy (non-hydrogen) atoms. The van der Waals surface area contributed by atoms with Gasteiger partial charge in [-0.1, -0.05) is 18.2 Å². The van der Waals surface area contributed by atoms with Gasteiger partial charge in [-0.2, -0.15) is 4.37 Å². The first-order valence-corrected chi connectivity index (χ1v) is 6.81. The van der Waals surface area contributed by atoms with E-state index in [0.717, 1.165) is 11.5 Å². The summed E-state index contributed by atoms with van der Waals surface area (Å²) < 4.78 is 15.7. The molecule has 0 aliphatic heterocycles. The maximum absolute atomic E-state index is 11.0. The van der Waals surface area contributed by atoms with Crippen LogP contribution in [0.4, 0.5) is 5.69 Å². The van der Waals surface area contributed by atoms with Crippen molar-refractivity contribution in [3.8, 4) is 17.4 Å². The maximum Gasteiger partial charge on any atom is 0.274 e. The molecular weight excluding hydrogens is 292 g/mol. The Balaban J connectivity index is 2.17. The lowest BCUT2D eigenvalue weighted by Gasteiger charge is -2.07. The zero-order chi connectivity index (χ0) is 14.8. The van der Waals surface area contributed by atoms with Crippen LogP contribution in [-0.2, 0) is 0 Å². The highest BCUT2D eigenvalue weighted by atomic mass is 32.1. The van der Waals surface area contributed by atoms with Crippen LogP contribution in [0.1, 0.15) is 0 Å². The van der Waals surface area contributed by atoms with Crippen molar-refractivity contribution in [1.82, 2.24) is 4.37 Å². The molecule has 6 nitrogen and oxygen atoms in total. The van der Waals surface area contributed by atoms with Crippen LogP contribution in [0.25, 0.3) is 10.1 Å². The van der Waals surface area contributed by atoms with Gasteiger partial charge in [0.25, 0.3) is 5.69 Å². The Hall–Kier alpha value is -2.67. The molecule has 0 fully saturated rings. The fraction of sp³-hybridized carbons (Fsp3) is 0.0714. The fourth-order valence-electron chi connectivity index (χ4n) is 1.94. The summed E-state index contributed by atoms with van der Waals surface area (Å²) in [5.41, 5.74) is -0.0419. The molecule has 0 saturated carbocycles. The molecule has 0 aliphatic rings.